The summed E-state index contributed by atoms with van der Waals surface area (Å²) in [5.41, 5.74) is 4.48. The van der Waals surface area contributed by atoms with Crippen molar-refractivity contribution in [2.45, 2.75) is 32.5 Å². The summed E-state index contributed by atoms with van der Waals surface area (Å²) in [6.07, 6.45) is 4.77. The van der Waals surface area contributed by atoms with Gasteiger partial charge >= 0.3 is 0 Å². The van der Waals surface area contributed by atoms with E-state index in [1.54, 1.807) is 13.2 Å². The van der Waals surface area contributed by atoms with Crippen molar-refractivity contribution in [3.63, 3.8) is 0 Å². The lowest BCUT2D eigenvalue weighted by atomic mass is 10.1. The van der Waals surface area contributed by atoms with Gasteiger partial charge < -0.3 is 20.1 Å². The first kappa shape index (κ1) is 24.1. The van der Waals surface area contributed by atoms with Gasteiger partial charge in [-0.15, -0.1) is 24.0 Å². The molecule has 2 heterocycles. The molecule has 170 valence electrons. The number of benzene rings is 2. The molecule has 0 radical (unpaired) electrons. The van der Waals surface area contributed by atoms with E-state index in [0.29, 0.717) is 19.7 Å². The molecule has 1 aliphatic rings. The van der Waals surface area contributed by atoms with Crippen molar-refractivity contribution in [1.82, 2.24) is 20.4 Å². The number of aliphatic imine (C=N–C) groups is 1. The third-order valence-corrected chi connectivity index (χ3v) is 5.24. The largest absolute Gasteiger partial charge is 0.488 e. The van der Waals surface area contributed by atoms with E-state index in [-0.39, 0.29) is 30.1 Å². The summed E-state index contributed by atoms with van der Waals surface area (Å²) < 4.78 is 13.5. The van der Waals surface area contributed by atoms with Crippen molar-refractivity contribution in [3.05, 3.63) is 77.6 Å². The van der Waals surface area contributed by atoms with Gasteiger partial charge in [-0.3, -0.25) is 4.99 Å². The van der Waals surface area contributed by atoms with E-state index in [4.69, 9.17) is 9.47 Å². The standard InChI is InChI=1S/C24H29N5O2.HI/c1-18-4-7-20(23(14-18)31-22-10-13-30-17-22)16-27-24(25-2)26-15-19-5-8-21(9-6-19)29-12-3-11-28-29;/h3-9,11-12,14,22H,10,13,15-17H2,1-2H3,(H2,25,26,27);1H. The van der Waals surface area contributed by atoms with Gasteiger partial charge in [-0.2, -0.15) is 5.10 Å². The third-order valence-electron chi connectivity index (χ3n) is 5.24. The normalized spacial score (nSPS) is 15.8. The van der Waals surface area contributed by atoms with Crippen molar-refractivity contribution < 1.29 is 9.47 Å². The molecule has 0 saturated carbocycles. The fourth-order valence-electron chi connectivity index (χ4n) is 3.48. The maximum absolute atomic E-state index is 6.19. The van der Waals surface area contributed by atoms with Gasteiger partial charge in [0.2, 0.25) is 0 Å². The number of ether oxygens (including phenoxy) is 2. The smallest absolute Gasteiger partial charge is 0.191 e. The van der Waals surface area contributed by atoms with Gasteiger partial charge in [-0.25, -0.2) is 4.68 Å². The Balaban J connectivity index is 0.00000289. The molecule has 1 saturated heterocycles. The highest BCUT2D eigenvalue weighted by Crippen LogP contribution is 2.23. The Labute approximate surface area is 206 Å². The number of nitrogens with zero attached hydrogens (tertiary/aromatic N) is 3. The number of hydrogen-bond donors (Lipinski definition) is 2. The summed E-state index contributed by atoms with van der Waals surface area (Å²) in [4.78, 5) is 4.35. The molecule has 0 spiro atoms. The molecule has 0 amide bonds. The van der Waals surface area contributed by atoms with Gasteiger partial charge in [0, 0.05) is 44.5 Å². The number of halogens is 1. The van der Waals surface area contributed by atoms with E-state index < -0.39 is 0 Å². The molecule has 3 aromatic rings. The van der Waals surface area contributed by atoms with Crippen LogP contribution in [0.2, 0.25) is 0 Å². The van der Waals surface area contributed by atoms with Gasteiger partial charge in [0.15, 0.2) is 5.96 Å². The minimum absolute atomic E-state index is 0. The molecule has 4 rings (SSSR count). The van der Waals surface area contributed by atoms with Crippen LogP contribution in [0.1, 0.15) is 23.1 Å². The highest BCUT2D eigenvalue weighted by molar-refractivity contribution is 14.0. The van der Waals surface area contributed by atoms with Crippen LogP contribution in [-0.2, 0) is 17.8 Å². The second-order valence-electron chi connectivity index (χ2n) is 7.61. The second-order valence-corrected chi connectivity index (χ2v) is 7.61. The van der Waals surface area contributed by atoms with Gasteiger partial charge in [0.25, 0.3) is 0 Å². The average molecular weight is 547 g/mol. The maximum Gasteiger partial charge on any atom is 0.191 e. The Kier molecular flexibility index (Phi) is 8.92. The van der Waals surface area contributed by atoms with Crippen LogP contribution in [0.3, 0.4) is 0 Å². The predicted octanol–water partition coefficient (Wildman–Crippen LogP) is 3.83. The number of rotatable bonds is 7. The van der Waals surface area contributed by atoms with Crippen LogP contribution in [0, 0.1) is 6.92 Å². The van der Waals surface area contributed by atoms with Crippen molar-refractivity contribution in [1.29, 1.82) is 0 Å². The Morgan fingerprint density at radius 1 is 1.19 bits per heavy atom. The molecule has 8 heteroatoms. The molecule has 2 N–H and O–H groups in total. The van der Waals surface area contributed by atoms with Crippen molar-refractivity contribution in [2.24, 2.45) is 4.99 Å². The number of aromatic nitrogens is 2. The van der Waals surface area contributed by atoms with E-state index in [1.165, 1.54) is 11.1 Å². The number of guanidine groups is 1. The Morgan fingerprint density at radius 2 is 2.00 bits per heavy atom. The molecule has 0 bridgehead atoms. The Hall–Kier alpha value is -2.59. The summed E-state index contributed by atoms with van der Waals surface area (Å²) in [6.45, 7) is 4.80. The lowest BCUT2D eigenvalue weighted by Crippen LogP contribution is -2.36. The van der Waals surface area contributed by atoms with Gasteiger partial charge in [0.05, 0.1) is 18.9 Å². The Morgan fingerprint density at radius 3 is 2.69 bits per heavy atom. The van der Waals surface area contributed by atoms with Gasteiger partial charge in [-0.1, -0.05) is 24.3 Å². The molecule has 1 aromatic heterocycles. The number of hydrogen-bond acceptors (Lipinski definition) is 4. The van der Waals surface area contributed by atoms with E-state index in [0.717, 1.165) is 36.0 Å². The van der Waals surface area contributed by atoms with Crippen LogP contribution in [0.25, 0.3) is 5.69 Å². The molecule has 1 atom stereocenters. The van der Waals surface area contributed by atoms with Gasteiger partial charge in [-0.05, 0) is 42.3 Å². The summed E-state index contributed by atoms with van der Waals surface area (Å²) in [7, 11) is 1.78. The van der Waals surface area contributed by atoms with Crippen LogP contribution < -0.4 is 15.4 Å². The molecule has 7 nitrogen and oxygen atoms in total. The number of aryl methyl sites for hydroxylation is 1. The molecule has 1 fully saturated rings. The first-order chi connectivity index (χ1) is 15.2. The quantitative estimate of drug-likeness (QED) is 0.267. The zero-order chi connectivity index (χ0) is 21.5. The Bertz CT molecular complexity index is 1000. The van der Waals surface area contributed by atoms with Crippen molar-refractivity contribution >= 4 is 29.9 Å². The highest BCUT2D eigenvalue weighted by atomic mass is 127. The fraction of sp³-hybridized carbons (Fsp3) is 0.333. The minimum Gasteiger partial charge on any atom is -0.488 e. The van der Waals surface area contributed by atoms with Crippen LogP contribution in [0.5, 0.6) is 5.75 Å². The lowest BCUT2D eigenvalue weighted by Gasteiger charge is -2.18. The van der Waals surface area contributed by atoms with E-state index in [2.05, 4.69) is 70.1 Å². The minimum atomic E-state index is 0. The zero-order valence-corrected chi connectivity index (χ0v) is 20.8. The summed E-state index contributed by atoms with van der Waals surface area (Å²) in [5, 5.41) is 11.0. The van der Waals surface area contributed by atoms with E-state index >= 15 is 0 Å². The van der Waals surface area contributed by atoms with Crippen LogP contribution in [0.15, 0.2) is 65.9 Å². The average Bonchev–Trinajstić information content (AvgIpc) is 3.50. The first-order valence-electron chi connectivity index (χ1n) is 10.6. The number of nitrogens with one attached hydrogen (secondary N) is 2. The topological polar surface area (TPSA) is 72.7 Å². The van der Waals surface area contributed by atoms with E-state index in [9.17, 15) is 0 Å². The lowest BCUT2D eigenvalue weighted by molar-refractivity contribution is 0.140. The van der Waals surface area contributed by atoms with Crippen LogP contribution in [0.4, 0.5) is 0 Å². The maximum atomic E-state index is 6.19. The molecule has 1 unspecified atom stereocenters. The first-order valence-corrected chi connectivity index (χ1v) is 10.6. The SMILES string of the molecule is CN=C(NCc1ccc(-n2cccn2)cc1)NCc1ccc(C)cc1OC1CCOC1.I. The second kappa shape index (κ2) is 11.9. The van der Waals surface area contributed by atoms with Crippen molar-refractivity contribution in [2.75, 3.05) is 20.3 Å². The molecule has 2 aromatic carbocycles. The van der Waals surface area contributed by atoms with Crippen molar-refractivity contribution in [3.8, 4) is 11.4 Å². The summed E-state index contributed by atoms with van der Waals surface area (Å²) in [5.74, 6) is 1.65. The highest BCUT2D eigenvalue weighted by Gasteiger charge is 2.18. The molecule has 32 heavy (non-hydrogen) atoms. The van der Waals surface area contributed by atoms with Gasteiger partial charge in [0.1, 0.15) is 11.9 Å². The zero-order valence-electron chi connectivity index (χ0n) is 18.5. The predicted molar refractivity (Wildman–Crippen MR) is 137 cm³/mol. The molecule has 0 aliphatic carbocycles. The molecule has 1 aliphatic heterocycles. The molecular weight excluding hydrogens is 517 g/mol. The summed E-state index contributed by atoms with van der Waals surface area (Å²) >= 11 is 0. The summed E-state index contributed by atoms with van der Waals surface area (Å²) in [6, 6.07) is 16.5. The molecular formula is C24H30IN5O2. The van der Waals surface area contributed by atoms with Crippen LogP contribution >= 0.6 is 24.0 Å². The van der Waals surface area contributed by atoms with E-state index in [1.807, 2.05) is 16.9 Å². The third kappa shape index (κ3) is 6.46. The van der Waals surface area contributed by atoms with Crippen LogP contribution in [-0.4, -0.2) is 42.1 Å². The fourth-order valence-corrected chi connectivity index (χ4v) is 3.48. The monoisotopic (exact) mass is 547 g/mol.